The van der Waals surface area contributed by atoms with Gasteiger partial charge in [0.25, 0.3) is 0 Å². The summed E-state index contributed by atoms with van der Waals surface area (Å²) in [5.74, 6) is 0.693. The van der Waals surface area contributed by atoms with Crippen LogP contribution < -0.4 is 5.32 Å². The molecule has 0 amide bonds. The molecule has 0 fully saturated rings. The van der Waals surface area contributed by atoms with Gasteiger partial charge >= 0.3 is 0 Å². The lowest BCUT2D eigenvalue weighted by molar-refractivity contribution is 0.107. The van der Waals surface area contributed by atoms with Gasteiger partial charge in [-0.05, 0) is 20.3 Å². The van der Waals surface area contributed by atoms with E-state index in [1.165, 1.54) is 0 Å². The summed E-state index contributed by atoms with van der Waals surface area (Å²) in [5, 5.41) is 13.6. The molecule has 0 bridgehead atoms. The van der Waals surface area contributed by atoms with Crippen molar-refractivity contribution in [3.63, 3.8) is 0 Å². The van der Waals surface area contributed by atoms with Crippen molar-refractivity contribution in [1.82, 2.24) is 5.32 Å². The molecule has 1 heterocycles. The Morgan fingerprint density at radius 1 is 1.67 bits per heavy atom. The summed E-state index contributed by atoms with van der Waals surface area (Å²) in [6.45, 7) is 5.55. The van der Waals surface area contributed by atoms with Gasteiger partial charge < -0.3 is 10.4 Å². The van der Waals surface area contributed by atoms with Crippen molar-refractivity contribution < 1.29 is 5.11 Å². The number of hydrogen-bond acceptors (Lipinski definition) is 4. The van der Waals surface area contributed by atoms with Crippen molar-refractivity contribution in [3.8, 4) is 0 Å². The Morgan fingerprint density at radius 2 is 2.42 bits per heavy atom. The Hall–Kier alpha value is -0.220. The number of thioether (sulfide) groups is 1. The molecule has 0 aliphatic carbocycles. The van der Waals surface area contributed by atoms with Crippen LogP contribution in [0.4, 0.5) is 0 Å². The van der Waals surface area contributed by atoms with E-state index in [4.69, 9.17) is 0 Å². The molecule has 0 atom stereocenters. The summed E-state index contributed by atoms with van der Waals surface area (Å²) < 4.78 is 0. The molecule has 0 radical (unpaired) electrons. The van der Waals surface area contributed by atoms with Crippen molar-refractivity contribution in [3.05, 3.63) is 0 Å². The van der Waals surface area contributed by atoms with Gasteiger partial charge in [0.2, 0.25) is 0 Å². The van der Waals surface area contributed by atoms with Crippen LogP contribution in [-0.4, -0.2) is 34.7 Å². The van der Waals surface area contributed by atoms with Gasteiger partial charge in [-0.3, -0.25) is 4.99 Å². The van der Waals surface area contributed by atoms with Gasteiger partial charge in [0.15, 0.2) is 5.17 Å². The van der Waals surface area contributed by atoms with Crippen molar-refractivity contribution in [2.75, 3.05) is 18.8 Å². The molecule has 1 aliphatic heterocycles. The first-order chi connectivity index (χ1) is 5.58. The van der Waals surface area contributed by atoms with Crippen LogP contribution in [0.3, 0.4) is 0 Å². The van der Waals surface area contributed by atoms with Crippen LogP contribution >= 0.6 is 11.8 Å². The second kappa shape index (κ2) is 4.14. The van der Waals surface area contributed by atoms with E-state index < -0.39 is 5.60 Å². The largest absolute Gasteiger partial charge is 0.390 e. The monoisotopic (exact) mass is 188 g/mol. The van der Waals surface area contributed by atoms with Crippen LogP contribution in [0, 0.1) is 0 Å². The minimum Gasteiger partial charge on any atom is -0.390 e. The van der Waals surface area contributed by atoms with Gasteiger partial charge in [-0.1, -0.05) is 11.8 Å². The van der Waals surface area contributed by atoms with E-state index in [-0.39, 0.29) is 0 Å². The lowest BCUT2D eigenvalue weighted by Crippen LogP contribution is -2.30. The highest BCUT2D eigenvalue weighted by molar-refractivity contribution is 8.13. The van der Waals surface area contributed by atoms with E-state index in [0.717, 1.165) is 24.7 Å². The van der Waals surface area contributed by atoms with Crippen molar-refractivity contribution in [2.45, 2.75) is 25.9 Å². The maximum atomic E-state index is 9.44. The van der Waals surface area contributed by atoms with Gasteiger partial charge in [-0.25, -0.2) is 0 Å². The van der Waals surface area contributed by atoms with Crippen molar-refractivity contribution in [1.29, 1.82) is 0 Å². The lowest BCUT2D eigenvalue weighted by Gasteiger charge is -2.19. The fourth-order valence-corrected chi connectivity index (χ4v) is 1.73. The van der Waals surface area contributed by atoms with E-state index in [1.807, 2.05) is 13.8 Å². The molecule has 0 spiro atoms. The Bertz CT molecular complexity index is 174. The number of rotatable bonds is 2. The summed E-state index contributed by atoms with van der Waals surface area (Å²) in [6, 6.07) is 0. The first-order valence-electron chi connectivity index (χ1n) is 4.21. The zero-order chi connectivity index (χ0) is 9.03. The summed E-state index contributed by atoms with van der Waals surface area (Å²) in [6.07, 6.45) is 1.12. The third-order valence-electron chi connectivity index (χ3n) is 1.43. The highest BCUT2D eigenvalue weighted by atomic mass is 32.2. The minimum atomic E-state index is -0.605. The van der Waals surface area contributed by atoms with Gasteiger partial charge in [0, 0.05) is 18.8 Å². The predicted octanol–water partition coefficient (Wildman–Crippen LogP) is 0.840. The topological polar surface area (TPSA) is 44.6 Å². The standard InChI is InChI=1S/C8H16N2OS/c1-8(2,11)6-12-7-9-4-3-5-10-7/h11H,3-6H2,1-2H3,(H,9,10). The second-order valence-corrected chi connectivity index (χ2v) is 4.53. The minimum absolute atomic E-state index is 0.605. The molecular weight excluding hydrogens is 172 g/mol. The smallest absolute Gasteiger partial charge is 0.156 e. The fourth-order valence-electron chi connectivity index (χ4n) is 0.853. The SMILES string of the molecule is CC(C)(O)CSC1=NCCCN1. The van der Waals surface area contributed by atoms with Crippen LogP contribution in [0.15, 0.2) is 4.99 Å². The summed E-state index contributed by atoms with van der Waals surface area (Å²) >= 11 is 1.59. The number of hydrogen-bond donors (Lipinski definition) is 2. The van der Waals surface area contributed by atoms with E-state index in [0.29, 0.717) is 5.75 Å². The number of amidine groups is 1. The molecule has 1 rings (SSSR count). The maximum Gasteiger partial charge on any atom is 0.156 e. The third-order valence-corrected chi connectivity index (χ3v) is 2.83. The van der Waals surface area contributed by atoms with Crippen LogP contribution in [0.1, 0.15) is 20.3 Å². The first kappa shape index (κ1) is 9.86. The molecule has 0 saturated heterocycles. The second-order valence-electron chi connectivity index (χ2n) is 3.57. The molecule has 12 heavy (non-hydrogen) atoms. The normalized spacial score (nSPS) is 18.4. The van der Waals surface area contributed by atoms with Crippen molar-refractivity contribution >= 4 is 16.9 Å². The Kier molecular flexibility index (Phi) is 3.40. The number of nitrogens with one attached hydrogen (secondary N) is 1. The predicted molar refractivity (Wildman–Crippen MR) is 53.7 cm³/mol. The van der Waals surface area contributed by atoms with Crippen molar-refractivity contribution in [2.24, 2.45) is 4.99 Å². The summed E-state index contributed by atoms with van der Waals surface area (Å²) in [5.41, 5.74) is -0.605. The lowest BCUT2D eigenvalue weighted by atomic mass is 10.2. The fraction of sp³-hybridized carbons (Fsp3) is 0.875. The molecule has 0 aromatic carbocycles. The zero-order valence-corrected chi connectivity index (χ0v) is 8.45. The molecular formula is C8H16N2OS. The Balaban J connectivity index is 2.26. The molecule has 0 saturated carbocycles. The average molecular weight is 188 g/mol. The number of nitrogens with zero attached hydrogens (tertiary/aromatic N) is 1. The van der Waals surface area contributed by atoms with Gasteiger partial charge in [-0.2, -0.15) is 0 Å². The van der Waals surface area contributed by atoms with Crippen LogP contribution in [0.5, 0.6) is 0 Å². The van der Waals surface area contributed by atoms with Crippen LogP contribution in [0.2, 0.25) is 0 Å². The molecule has 2 N–H and O–H groups in total. The quantitative estimate of drug-likeness (QED) is 0.675. The molecule has 4 heteroatoms. The summed E-state index contributed by atoms with van der Waals surface area (Å²) in [7, 11) is 0. The van der Waals surface area contributed by atoms with Gasteiger partial charge in [-0.15, -0.1) is 0 Å². The zero-order valence-electron chi connectivity index (χ0n) is 7.63. The highest BCUT2D eigenvalue weighted by Gasteiger charge is 2.14. The van der Waals surface area contributed by atoms with E-state index in [1.54, 1.807) is 11.8 Å². The molecule has 70 valence electrons. The number of aliphatic imine (C=N–C) groups is 1. The van der Waals surface area contributed by atoms with Crippen LogP contribution in [-0.2, 0) is 0 Å². The Morgan fingerprint density at radius 3 is 2.92 bits per heavy atom. The molecule has 0 aromatic rings. The molecule has 1 aliphatic rings. The van der Waals surface area contributed by atoms with Gasteiger partial charge in [0.1, 0.15) is 0 Å². The van der Waals surface area contributed by atoms with E-state index in [2.05, 4.69) is 10.3 Å². The van der Waals surface area contributed by atoms with Crippen LogP contribution in [0.25, 0.3) is 0 Å². The molecule has 3 nitrogen and oxygen atoms in total. The summed E-state index contributed by atoms with van der Waals surface area (Å²) in [4.78, 5) is 4.29. The number of aliphatic hydroxyl groups is 1. The average Bonchev–Trinajstić information content (AvgIpc) is 2.02. The van der Waals surface area contributed by atoms with E-state index in [9.17, 15) is 5.11 Å². The third kappa shape index (κ3) is 3.97. The Labute approximate surface area is 77.7 Å². The van der Waals surface area contributed by atoms with Gasteiger partial charge in [0.05, 0.1) is 5.60 Å². The molecule has 0 aromatic heterocycles. The highest BCUT2D eigenvalue weighted by Crippen LogP contribution is 2.13. The van der Waals surface area contributed by atoms with E-state index >= 15 is 0 Å². The maximum absolute atomic E-state index is 9.44. The first-order valence-corrected chi connectivity index (χ1v) is 5.20. The molecule has 0 unspecified atom stereocenters.